The van der Waals surface area contributed by atoms with E-state index in [0.717, 1.165) is 12.8 Å². The smallest absolute Gasteiger partial charge is 0.408 e. The molecular formula is C15H29NO4. The minimum atomic E-state index is -0.509. The average molecular weight is 287 g/mol. The highest BCUT2D eigenvalue weighted by Crippen LogP contribution is 2.11. The second-order valence-electron chi connectivity index (χ2n) is 5.40. The summed E-state index contributed by atoms with van der Waals surface area (Å²) in [4.78, 5) is 22.9. The molecule has 1 atom stereocenters. The van der Waals surface area contributed by atoms with Gasteiger partial charge in [-0.05, 0) is 12.8 Å². The summed E-state index contributed by atoms with van der Waals surface area (Å²) in [5.74, 6) is 0.0127. The van der Waals surface area contributed by atoms with E-state index in [-0.39, 0.29) is 17.8 Å². The van der Waals surface area contributed by atoms with Gasteiger partial charge in [-0.15, -0.1) is 0 Å². The first kappa shape index (κ1) is 18.9. The van der Waals surface area contributed by atoms with Crippen molar-refractivity contribution >= 4 is 11.9 Å². The van der Waals surface area contributed by atoms with Gasteiger partial charge in [0.25, 0.3) is 0 Å². The lowest BCUT2D eigenvalue weighted by atomic mass is 10.0. The fourth-order valence-electron chi connectivity index (χ4n) is 1.84. The number of ketones is 1. The van der Waals surface area contributed by atoms with Crippen molar-refractivity contribution in [1.29, 1.82) is 0 Å². The number of amides is 1. The van der Waals surface area contributed by atoms with Crippen molar-refractivity contribution in [2.24, 2.45) is 5.92 Å². The normalized spacial score (nSPS) is 16.9. The third-order valence-electron chi connectivity index (χ3n) is 2.82. The molecule has 1 amide bonds. The molecule has 0 aromatic carbocycles. The first-order valence-corrected chi connectivity index (χ1v) is 7.47. The molecule has 0 radical (unpaired) electrons. The van der Waals surface area contributed by atoms with Crippen molar-refractivity contribution < 1.29 is 19.1 Å². The van der Waals surface area contributed by atoms with Gasteiger partial charge in [0, 0.05) is 12.8 Å². The van der Waals surface area contributed by atoms with Crippen molar-refractivity contribution in [2.45, 2.75) is 66.0 Å². The van der Waals surface area contributed by atoms with Crippen LogP contribution in [0.15, 0.2) is 0 Å². The van der Waals surface area contributed by atoms with Crippen LogP contribution in [0.25, 0.3) is 0 Å². The van der Waals surface area contributed by atoms with E-state index >= 15 is 0 Å². The van der Waals surface area contributed by atoms with Crippen molar-refractivity contribution in [2.75, 3.05) is 13.2 Å². The van der Waals surface area contributed by atoms with Gasteiger partial charge in [-0.25, -0.2) is 4.79 Å². The first-order chi connectivity index (χ1) is 9.42. The quantitative estimate of drug-likeness (QED) is 0.863. The van der Waals surface area contributed by atoms with Crippen molar-refractivity contribution in [3.63, 3.8) is 0 Å². The molecule has 1 aliphatic heterocycles. The van der Waals surface area contributed by atoms with Gasteiger partial charge < -0.3 is 14.8 Å². The molecule has 0 aliphatic carbocycles. The van der Waals surface area contributed by atoms with Crippen LogP contribution in [0.3, 0.4) is 0 Å². The lowest BCUT2D eigenvalue weighted by Crippen LogP contribution is -2.45. The Morgan fingerprint density at radius 3 is 2.15 bits per heavy atom. The number of nitrogens with one attached hydrogen (secondary N) is 1. The molecule has 5 nitrogen and oxygen atoms in total. The van der Waals surface area contributed by atoms with Crippen LogP contribution in [-0.2, 0) is 14.3 Å². The van der Waals surface area contributed by atoms with E-state index in [1.165, 1.54) is 13.3 Å². The first-order valence-electron chi connectivity index (χ1n) is 7.47. The number of carbonyl (C=O) groups excluding carboxylic acids is 2. The molecule has 0 saturated carbocycles. The number of rotatable bonds is 4. The Balaban J connectivity index is 0.00000110. The predicted molar refractivity (Wildman–Crippen MR) is 78.7 cm³/mol. The molecule has 1 unspecified atom stereocenters. The zero-order valence-electron chi connectivity index (χ0n) is 13.4. The van der Waals surface area contributed by atoms with Crippen LogP contribution in [0, 0.1) is 5.92 Å². The lowest BCUT2D eigenvalue weighted by Gasteiger charge is -2.24. The maximum atomic E-state index is 11.6. The largest absolute Gasteiger partial charge is 0.446 e. The van der Waals surface area contributed by atoms with Crippen LogP contribution >= 0.6 is 0 Å². The van der Waals surface area contributed by atoms with Crippen LogP contribution in [0.2, 0.25) is 0 Å². The Bertz CT molecular complexity index is 286. The molecule has 20 heavy (non-hydrogen) atoms. The SMILES string of the molecule is CC(=O)C(NC(=O)OC1CCOCC1)C(C)C.CCC. The van der Waals surface area contributed by atoms with Crippen molar-refractivity contribution in [3.8, 4) is 0 Å². The zero-order valence-corrected chi connectivity index (χ0v) is 13.4. The highest BCUT2D eigenvalue weighted by atomic mass is 16.6. The summed E-state index contributed by atoms with van der Waals surface area (Å²) in [6, 6.07) is -0.470. The van der Waals surface area contributed by atoms with Crippen LogP contribution < -0.4 is 5.32 Å². The van der Waals surface area contributed by atoms with E-state index in [2.05, 4.69) is 19.2 Å². The van der Waals surface area contributed by atoms with E-state index < -0.39 is 12.1 Å². The standard InChI is InChI=1S/C12H21NO4.C3H8/c1-8(2)11(9(3)14)13-12(15)17-10-4-6-16-7-5-10;1-3-2/h8,10-11H,4-7H2,1-3H3,(H,13,15);3H2,1-2H3. The Morgan fingerprint density at radius 2 is 1.75 bits per heavy atom. The second kappa shape index (κ2) is 10.7. The van der Waals surface area contributed by atoms with Gasteiger partial charge in [0.2, 0.25) is 0 Å². The van der Waals surface area contributed by atoms with Crippen LogP contribution in [0.4, 0.5) is 4.79 Å². The number of Topliss-reactive ketones (excluding diaryl/α,β-unsaturated/α-hetero) is 1. The van der Waals surface area contributed by atoms with E-state index in [1.54, 1.807) is 0 Å². The Hall–Kier alpha value is -1.10. The number of ether oxygens (including phenoxy) is 2. The Labute approximate surface area is 122 Å². The number of carbonyl (C=O) groups is 2. The molecule has 5 heteroatoms. The molecule has 1 aliphatic rings. The van der Waals surface area contributed by atoms with Crippen molar-refractivity contribution in [3.05, 3.63) is 0 Å². The van der Waals surface area contributed by atoms with Gasteiger partial charge in [-0.2, -0.15) is 0 Å². The summed E-state index contributed by atoms with van der Waals surface area (Å²) in [7, 11) is 0. The monoisotopic (exact) mass is 287 g/mol. The topological polar surface area (TPSA) is 64.6 Å². The molecule has 1 heterocycles. The van der Waals surface area contributed by atoms with E-state index in [1.807, 2.05) is 13.8 Å². The molecule has 0 bridgehead atoms. The summed E-state index contributed by atoms with van der Waals surface area (Å²) >= 11 is 0. The second-order valence-corrected chi connectivity index (χ2v) is 5.40. The van der Waals surface area contributed by atoms with Gasteiger partial charge >= 0.3 is 6.09 Å². The van der Waals surface area contributed by atoms with Crippen molar-refractivity contribution in [1.82, 2.24) is 5.32 Å². The maximum absolute atomic E-state index is 11.6. The summed E-state index contributed by atoms with van der Waals surface area (Å²) in [5, 5.41) is 2.61. The van der Waals surface area contributed by atoms with Crippen LogP contribution in [0.5, 0.6) is 0 Å². The minimum Gasteiger partial charge on any atom is -0.446 e. The summed E-state index contributed by atoms with van der Waals surface area (Å²) in [6.07, 6.45) is 2.09. The van der Waals surface area contributed by atoms with E-state index in [4.69, 9.17) is 9.47 Å². The molecule has 1 N–H and O–H groups in total. The molecule has 1 saturated heterocycles. The fourth-order valence-corrected chi connectivity index (χ4v) is 1.84. The number of alkyl carbamates (subject to hydrolysis) is 1. The van der Waals surface area contributed by atoms with Crippen LogP contribution in [0.1, 0.15) is 53.9 Å². The highest BCUT2D eigenvalue weighted by Gasteiger charge is 2.24. The van der Waals surface area contributed by atoms with E-state index in [9.17, 15) is 9.59 Å². The summed E-state index contributed by atoms with van der Waals surface area (Å²) in [5.41, 5.74) is 0. The van der Waals surface area contributed by atoms with Gasteiger partial charge in [-0.1, -0.05) is 34.1 Å². The summed E-state index contributed by atoms with van der Waals surface area (Å²) in [6.45, 7) is 10.7. The predicted octanol–water partition coefficient (Wildman–Crippen LogP) is 2.92. The fraction of sp³-hybridized carbons (Fsp3) is 0.867. The molecule has 118 valence electrons. The highest BCUT2D eigenvalue weighted by molar-refractivity contribution is 5.85. The Morgan fingerprint density at radius 1 is 1.25 bits per heavy atom. The van der Waals surface area contributed by atoms with Gasteiger partial charge in [0.15, 0.2) is 5.78 Å². The molecule has 1 fully saturated rings. The summed E-state index contributed by atoms with van der Waals surface area (Å²) < 4.78 is 10.4. The number of hydrogen-bond donors (Lipinski definition) is 1. The van der Waals surface area contributed by atoms with Gasteiger partial charge in [0.05, 0.1) is 19.3 Å². The van der Waals surface area contributed by atoms with Gasteiger partial charge in [-0.3, -0.25) is 4.79 Å². The molecule has 0 aromatic rings. The molecule has 0 aromatic heterocycles. The lowest BCUT2D eigenvalue weighted by molar-refractivity contribution is -0.119. The van der Waals surface area contributed by atoms with Gasteiger partial charge in [0.1, 0.15) is 6.10 Å². The van der Waals surface area contributed by atoms with Crippen LogP contribution in [-0.4, -0.2) is 37.2 Å². The molecular weight excluding hydrogens is 258 g/mol. The molecule has 0 spiro atoms. The van der Waals surface area contributed by atoms with E-state index in [0.29, 0.717) is 13.2 Å². The number of hydrogen-bond acceptors (Lipinski definition) is 4. The third kappa shape index (κ3) is 8.15. The third-order valence-corrected chi connectivity index (χ3v) is 2.82. The zero-order chi connectivity index (χ0) is 15.5. The maximum Gasteiger partial charge on any atom is 0.408 e. The Kier molecular flexibility index (Phi) is 10.1. The average Bonchev–Trinajstić information content (AvgIpc) is 2.37. The minimum absolute atomic E-state index is 0.0519. The molecule has 1 rings (SSSR count).